The molecule has 3 nitrogen and oxygen atoms in total. The zero-order valence-electron chi connectivity index (χ0n) is 20.6. The molecule has 0 amide bonds. The van der Waals surface area contributed by atoms with Crippen LogP contribution in [0.15, 0.2) is 114 Å². The van der Waals surface area contributed by atoms with E-state index in [0.29, 0.717) is 5.58 Å². The Kier molecular flexibility index (Phi) is 4.76. The summed E-state index contributed by atoms with van der Waals surface area (Å²) in [7, 11) is 2.10. The van der Waals surface area contributed by atoms with Crippen LogP contribution in [0, 0.1) is 12.7 Å². The molecule has 5 aromatic carbocycles. The molecule has 0 fully saturated rings. The van der Waals surface area contributed by atoms with Gasteiger partial charge >= 0.3 is 0 Å². The fourth-order valence-corrected chi connectivity index (χ4v) is 5.56. The summed E-state index contributed by atoms with van der Waals surface area (Å²) >= 11 is 0. The van der Waals surface area contributed by atoms with Crippen LogP contribution in [-0.4, -0.2) is 4.57 Å². The first-order valence-electron chi connectivity index (χ1n) is 12.4. The number of halogens is 1. The average Bonchev–Trinajstić information content (AvgIpc) is 3.43. The highest BCUT2D eigenvalue weighted by molar-refractivity contribution is 6.10. The van der Waals surface area contributed by atoms with E-state index in [1.807, 2.05) is 6.07 Å². The van der Waals surface area contributed by atoms with E-state index >= 15 is 0 Å². The standard InChI is InChI=1S/C33H24FN2O/c1-21-16-18-26-25-19-17-23(34)20-30(25)37-32(26)31(21)33-35(2)28-14-8-9-15-29(28)36(33)27-13-7-6-12-24(27)22-10-4-3-5-11-22/h3-20H,1-2H3/q+1. The molecule has 0 aliphatic carbocycles. The molecule has 0 atom stereocenters. The first kappa shape index (κ1) is 21.6. The predicted molar refractivity (Wildman–Crippen MR) is 147 cm³/mol. The summed E-state index contributed by atoms with van der Waals surface area (Å²) in [6, 6.07) is 36.4. The van der Waals surface area contributed by atoms with Crippen molar-refractivity contribution < 1.29 is 13.4 Å². The van der Waals surface area contributed by atoms with Gasteiger partial charge in [0.2, 0.25) is 0 Å². The number of aromatic nitrogens is 2. The third-order valence-corrected chi connectivity index (χ3v) is 7.28. The molecule has 0 saturated carbocycles. The van der Waals surface area contributed by atoms with Crippen LogP contribution < -0.4 is 4.57 Å². The number of furan rings is 1. The second-order valence-electron chi connectivity index (χ2n) is 9.47. The lowest BCUT2D eigenvalue weighted by Gasteiger charge is -2.11. The number of benzene rings is 5. The Morgan fingerprint density at radius 1 is 0.757 bits per heavy atom. The molecule has 0 aliphatic heterocycles. The van der Waals surface area contributed by atoms with Crippen molar-refractivity contribution >= 4 is 33.0 Å². The SMILES string of the molecule is Cc1ccc2c(oc3cc(F)ccc32)c1-c1n(-c2ccccc2-c2ccccc2)c2ccccc2[n+]1C. The van der Waals surface area contributed by atoms with E-state index in [4.69, 9.17) is 4.42 Å². The Morgan fingerprint density at radius 3 is 2.35 bits per heavy atom. The Balaban J connectivity index is 1.64. The predicted octanol–water partition coefficient (Wildman–Crippen LogP) is 8.14. The fourth-order valence-electron chi connectivity index (χ4n) is 5.56. The van der Waals surface area contributed by atoms with Crippen LogP contribution in [0.1, 0.15) is 5.56 Å². The maximum Gasteiger partial charge on any atom is 0.299 e. The minimum absolute atomic E-state index is 0.304. The fraction of sp³-hybridized carbons (Fsp3) is 0.0606. The van der Waals surface area contributed by atoms with Crippen molar-refractivity contribution in [2.75, 3.05) is 0 Å². The molecule has 7 aromatic rings. The van der Waals surface area contributed by atoms with Gasteiger partial charge in [-0.1, -0.05) is 72.8 Å². The Bertz CT molecular complexity index is 1960. The third kappa shape index (κ3) is 3.22. The molecule has 0 saturated heterocycles. The van der Waals surface area contributed by atoms with Crippen LogP contribution in [0.4, 0.5) is 4.39 Å². The van der Waals surface area contributed by atoms with Gasteiger partial charge < -0.3 is 4.42 Å². The summed E-state index contributed by atoms with van der Waals surface area (Å²) in [6.07, 6.45) is 0. The number of hydrogen-bond donors (Lipinski definition) is 0. The summed E-state index contributed by atoms with van der Waals surface area (Å²) in [5.74, 6) is 0.702. The van der Waals surface area contributed by atoms with Gasteiger partial charge in [0.05, 0.1) is 7.05 Å². The van der Waals surface area contributed by atoms with Crippen molar-refractivity contribution in [3.8, 4) is 28.2 Å². The average molecular weight is 484 g/mol. The summed E-state index contributed by atoms with van der Waals surface area (Å²) in [4.78, 5) is 0. The molecule has 2 heterocycles. The second kappa shape index (κ2) is 8.17. The van der Waals surface area contributed by atoms with Gasteiger partial charge in [-0.2, -0.15) is 4.57 Å². The van der Waals surface area contributed by atoms with Crippen LogP contribution in [0.3, 0.4) is 0 Å². The normalized spacial score (nSPS) is 11.6. The largest absolute Gasteiger partial charge is 0.455 e. The molecule has 0 bridgehead atoms. The first-order chi connectivity index (χ1) is 18.1. The quantitative estimate of drug-likeness (QED) is 0.233. The van der Waals surface area contributed by atoms with Crippen molar-refractivity contribution in [1.29, 1.82) is 0 Å². The molecule has 0 spiro atoms. The lowest BCUT2D eigenvalue weighted by Crippen LogP contribution is -2.30. The molecule has 0 aliphatic rings. The molecule has 0 N–H and O–H groups in total. The van der Waals surface area contributed by atoms with E-state index in [9.17, 15) is 4.39 Å². The summed E-state index contributed by atoms with van der Waals surface area (Å²) < 4.78 is 25.0. The topological polar surface area (TPSA) is 21.9 Å². The van der Waals surface area contributed by atoms with Crippen LogP contribution in [-0.2, 0) is 7.05 Å². The molecule has 2 aromatic heterocycles. The van der Waals surface area contributed by atoms with Crippen molar-refractivity contribution in [1.82, 2.24) is 4.57 Å². The first-order valence-corrected chi connectivity index (χ1v) is 12.4. The summed E-state index contributed by atoms with van der Waals surface area (Å²) in [6.45, 7) is 2.10. The minimum Gasteiger partial charge on any atom is -0.455 e. The molecule has 7 rings (SSSR count). The van der Waals surface area contributed by atoms with Gasteiger partial charge in [0.1, 0.15) is 22.7 Å². The number of hydrogen-bond acceptors (Lipinski definition) is 1. The van der Waals surface area contributed by atoms with Gasteiger partial charge in [0.25, 0.3) is 5.82 Å². The smallest absolute Gasteiger partial charge is 0.299 e. The van der Waals surface area contributed by atoms with Gasteiger partial charge in [-0.25, -0.2) is 8.96 Å². The van der Waals surface area contributed by atoms with E-state index in [1.54, 1.807) is 6.07 Å². The van der Waals surface area contributed by atoms with E-state index in [2.05, 4.69) is 108 Å². The lowest BCUT2D eigenvalue weighted by atomic mass is 10.0. The van der Waals surface area contributed by atoms with E-state index in [0.717, 1.165) is 61.2 Å². The van der Waals surface area contributed by atoms with Gasteiger partial charge in [-0.05, 0) is 48.4 Å². The van der Waals surface area contributed by atoms with Gasteiger partial charge in [-0.3, -0.25) is 0 Å². The Labute approximate surface area is 213 Å². The summed E-state index contributed by atoms with van der Waals surface area (Å²) in [5, 5.41) is 1.89. The third-order valence-electron chi connectivity index (χ3n) is 7.28. The van der Waals surface area contributed by atoms with E-state index in [-0.39, 0.29) is 5.82 Å². The highest BCUT2D eigenvalue weighted by Crippen LogP contribution is 2.40. The number of para-hydroxylation sites is 3. The molecule has 0 unspecified atom stereocenters. The van der Waals surface area contributed by atoms with Gasteiger partial charge in [-0.15, -0.1) is 0 Å². The summed E-state index contributed by atoms with van der Waals surface area (Å²) in [5.41, 5.74) is 8.98. The number of fused-ring (bicyclic) bond motifs is 4. The Hall–Kier alpha value is -4.70. The maximum absolute atomic E-state index is 14.1. The maximum atomic E-state index is 14.1. The lowest BCUT2D eigenvalue weighted by molar-refractivity contribution is -0.633. The van der Waals surface area contributed by atoms with E-state index in [1.165, 1.54) is 12.1 Å². The van der Waals surface area contributed by atoms with Crippen LogP contribution in [0.25, 0.3) is 61.2 Å². The molecule has 0 radical (unpaired) electrons. The van der Waals surface area contributed by atoms with Crippen LogP contribution in [0.2, 0.25) is 0 Å². The second-order valence-corrected chi connectivity index (χ2v) is 9.47. The van der Waals surface area contributed by atoms with Gasteiger partial charge in [0, 0.05) is 22.4 Å². The Morgan fingerprint density at radius 2 is 1.49 bits per heavy atom. The zero-order valence-corrected chi connectivity index (χ0v) is 20.6. The van der Waals surface area contributed by atoms with Crippen LogP contribution in [0.5, 0.6) is 0 Å². The monoisotopic (exact) mass is 483 g/mol. The number of imidazole rings is 1. The zero-order chi connectivity index (χ0) is 25.1. The van der Waals surface area contributed by atoms with Crippen molar-refractivity contribution in [2.24, 2.45) is 7.05 Å². The van der Waals surface area contributed by atoms with E-state index < -0.39 is 0 Å². The van der Waals surface area contributed by atoms with Gasteiger partial charge in [0.15, 0.2) is 16.6 Å². The minimum atomic E-state index is -0.304. The number of aryl methyl sites for hydroxylation is 2. The number of nitrogens with zero attached hydrogens (tertiary/aromatic N) is 2. The molecular formula is C33H24FN2O+. The van der Waals surface area contributed by atoms with Crippen LogP contribution >= 0.6 is 0 Å². The highest BCUT2D eigenvalue weighted by Gasteiger charge is 2.31. The van der Waals surface area contributed by atoms with Crippen molar-refractivity contribution in [3.63, 3.8) is 0 Å². The molecule has 4 heteroatoms. The number of rotatable bonds is 3. The van der Waals surface area contributed by atoms with Crippen molar-refractivity contribution in [2.45, 2.75) is 6.92 Å². The highest BCUT2D eigenvalue weighted by atomic mass is 19.1. The molecule has 178 valence electrons. The van der Waals surface area contributed by atoms with Crippen molar-refractivity contribution in [3.05, 3.63) is 121 Å². The molecular weight excluding hydrogens is 459 g/mol. The molecule has 37 heavy (non-hydrogen) atoms.